The molecule has 2 N–H and O–H groups in total. The number of nitrogens with zero attached hydrogens (tertiary/aromatic N) is 2. The summed E-state index contributed by atoms with van der Waals surface area (Å²) in [5.74, 6) is 0.247. The molecule has 2 atom stereocenters. The molecule has 3 aliphatic rings. The Hall–Kier alpha value is -2.08. The van der Waals surface area contributed by atoms with Crippen molar-refractivity contribution in [2.75, 3.05) is 30.3 Å². The first-order valence-electron chi connectivity index (χ1n) is 9.33. The SMILES string of the molecule is C[C@@H]1CN2CCC[C@H]2CN1C(=O)Nc1cccc(NC(=O)C2CC2)c1. The van der Waals surface area contributed by atoms with E-state index < -0.39 is 0 Å². The minimum atomic E-state index is -0.0512. The van der Waals surface area contributed by atoms with E-state index in [0.717, 1.165) is 43.9 Å². The van der Waals surface area contributed by atoms with E-state index in [4.69, 9.17) is 0 Å². The minimum Gasteiger partial charge on any atom is -0.326 e. The fraction of sp³-hybridized carbons (Fsp3) is 0.579. The summed E-state index contributed by atoms with van der Waals surface area (Å²) in [5.41, 5.74) is 1.46. The fourth-order valence-electron chi connectivity index (χ4n) is 3.93. The van der Waals surface area contributed by atoms with Crippen LogP contribution in [0.3, 0.4) is 0 Å². The first-order chi connectivity index (χ1) is 12.1. The summed E-state index contributed by atoms with van der Waals surface area (Å²) < 4.78 is 0. The number of amides is 3. The van der Waals surface area contributed by atoms with E-state index >= 15 is 0 Å². The van der Waals surface area contributed by atoms with Gasteiger partial charge in [-0.2, -0.15) is 0 Å². The lowest BCUT2D eigenvalue weighted by Crippen LogP contribution is -2.57. The van der Waals surface area contributed by atoms with Gasteiger partial charge in [0.25, 0.3) is 0 Å². The topological polar surface area (TPSA) is 64.7 Å². The summed E-state index contributed by atoms with van der Waals surface area (Å²) in [4.78, 5) is 29.1. The number of carbonyl (C=O) groups is 2. The Morgan fingerprint density at radius 1 is 1.08 bits per heavy atom. The fourth-order valence-corrected chi connectivity index (χ4v) is 3.93. The number of benzene rings is 1. The maximum absolute atomic E-state index is 12.7. The van der Waals surface area contributed by atoms with Crippen LogP contribution >= 0.6 is 0 Å². The smallest absolute Gasteiger partial charge is 0.322 e. The predicted molar refractivity (Wildman–Crippen MR) is 97.6 cm³/mol. The van der Waals surface area contributed by atoms with Crippen LogP contribution in [0, 0.1) is 5.92 Å². The van der Waals surface area contributed by atoms with Crippen LogP contribution in [0.2, 0.25) is 0 Å². The van der Waals surface area contributed by atoms with Crippen LogP contribution in [0.4, 0.5) is 16.2 Å². The number of rotatable bonds is 3. The van der Waals surface area contributed by atoms with Crippen molar-refractivity contribution in [3.05, 3.63) is 24.3 Å². The van der Waals surface area contributed by atoms with E-state index in [1.807, 2.05) is 29.2 Å². The maximum atomic E-state index is 12.7. The van der Waals surface area contributed by atoms with Crippen LogP contribution in [0.5, 0.6) is 0 Å². The molecule has 1 aromatic rings. The second kappa shape index (κ2) is 6.67. The predicted octanol–water partition coefficient (Wildman–Crippen LogP) is 2.74. The van der Waals surface area contributed by atoms with Gasteiger partial charge in [-0.15, -0.1) is 0 Å². The highest BCUT2D eigenvalue weighted by atomic mass is 16.2. The summed E-state index contributed by atoms with van der Waals surface area (Å²) in [7, 11) is 0. The molecular formula is C19H26N4O2. The van der Waals surface area contributed by atoms with Gasteiger partial charge in [0.1, 0.15) is 0 Å². The number of urea groups is 1. The summed E-state index contributed by atoms with van der Waals surface area (Å²) in [6.45, 7) is 5.02. The zero-order valence-electron chi connectivity index (χ0n) is 14.7. The molecule has 1 saturated carbocycles. The van der Waals surface area contributed by atoms with E-state index in [1.165, 1.54) is 12.8 Å². The molecule has 0 unspecified atom stereocenters. The van der Waals surface area contributed by atoms with Crippen LogP contribution in [0.1, 0.15) is 32.6 Å². The molecule has 6 heteroatoms. The van der Waals surface area contributed by atoms with Gasteiger partial charge in [0.05, 0.1) is 0 Å². The number of hydrogen-bond acceptors (Lipinski definition) is 3. The van der Waals surface area contributed by atoms with Gasteiger partial charge in [-0.25, -0.2) is 4.79 Å². The van der Waals surface area contributed by atoms with Gasteiger partial charge in [-0.1, -0.05) is 6.07 Å². The van der Waals surface area contributed by atoms with Crippen molar-refractivity contribution in [2.45, 2.75) is 44.7 Å². The van der Waals surface area contributed by atoms with Crippen molar-refractivity contribution < 1.29 is 9.59 Å². The van der Waals surface area contributed by atoms with E-state index in [-0.39, 0.29) is 23.9 Å². The molecule has 3 amide bonds. The zero-order chi connectivity index (χ0) is 17.4. The van der Waals surface area contributed by atoms with Gasteiger partial charge in [0, 0.05) is 42.5 Å². The van der Waals surface area contributed by atoms with Crippen LogP contribution in [-0.4, -0.2) is 53.5 Å². The normalized spacial score (nSPS) is 26.2. The number of fused-ring (bicyclic) bond motifs is 1. The molecular weight excluding hydrogens is 316 g/mol. The second-order valence-corrected chi connectivity index (χ2v) is 7.57. The molecule has 134 valence electrons. The Labute approximate surface area is 148 Å². The number of piperazine rings is 1. The van der Waals surface area contributed by atoms with Gasteiger partial charge < -0.3 is 15.5 Å². The van der Waals surface area contributed by atoms with Gasteiger partial charge in [-0.3, -0.25) is 9.69 Å². The molecule has 6 nitrogen and oxygen atoms in total. The Kier molecular flexibility index (Phi) is 4.37. The summed E-state index contributed by atoms with van der Waals surface area (Å²) in [6, 6.07) is 8.07. The Balaban J connectivity index is 1.39. The van der Waals surface area contributed by atoms with Gasteiger partial charge >= 0.3 is 6.03 Å². The van der Waals surface area contributed by atoms with Crippen LogP contribution in [-0.2, 0) is 4.79 Å². The van der Waals surface area contributed by atoms with E-state index in [2.05, 4.69) is 22.5 Å². The quantitative estimate of drug-likeness (QED) is 0.888. The largest absolute Gasteiger partial charge is 0.326 e. The number of anilines is 2. The molecule has 3 fully saturated rings. The maximum Gasteiger partial charge on any atom is 0.322 e. The first-order valence-corrected chi connectivity index (χ1v) is 9.33. The third kappa shape index (κ3) is 3.63. The Morgan fingerprint density at radius 3 is 2.60 bits per heavy atom. The molecule has 2 saturated heterocycles. The molecule has 0 spiro atoms. The molecule has 2 heterocycles. The van der Waals surface area contributed by atoms with Crippen molar-refractivity contribution in [1.82, 2.24) is 9.80 Å². The summed E-state index contributed by atoms with van der Waals surface area (Å²) in [5, 5.41) is 5.92. The Morgan fingerprint density at radius 2 is 1.84 bits per heavy atom. The summed E-state index contributed by atoms with van der Waals surface area (Å²) in [6.07, 6.45) is 4.37. The first kappa shape index (κ1) is 16.4. The van der Waals surface area contributed by atoms with Gasteiger partial charge in [-0.05, 0) is 57.4 Å². The monoisotopic (exact) mass is 342 g/mol. The molecule has 0 bridgehead atoms. The lowest BCUT2D eigenvalue weighted by atomic mass is 10.1. The average molecular weight is 342 g/mol. The second-order valence-electron chi connectivity index (χ2n) is 7.57. The summed E-state index contributed by atoms with van der Waals surface area (Å²) >= 11 is 0. The van der Waals surface area contributed by atoms with Crippen molar-refractivity contribution in [2.24, 2.45) is 5.92 Å². The lowest BCUT2D eigenvalue weighted by molar-refractivity contribution is -0.117. The van der Waals surface area contributed by atoms with Crippen LogP contribution in [0.25, 0.3) is 0 Å². The molecule has 2 aliphatic heterocycles. The van der Waals surface area contributed by atoms with Crippen molar-refractivity contribution >= 4 is 23.3 Å². The molecule has 1 aliphatic carbocycles. The highest BCUT2D eigenvalue weighted by molar-refractivity contribution is 5.95. The number of carbonyl (C=O) groups excluding carboxylic acids is 2. The molecule has 0 radical (unpaired) electrons. The van der Waals surface area contributed by atoms with Gasteiger partial charge in [0.2, 0.25) is 5.91 Å². The third-order valence-electron chi connectivity index (χ3n) is 5.53. The molecule has 1 aromatic carbocycles. The van der Waals surface area contributed by atoms with Crippen molar-refractivity contribution in [3.63, 3.8) is 0 Å². The van der Waals surface area contributed by atoms with E-state index in [1.54, 1.807) is 0 Å². The van der Waals surface area contributed by atoms with Crippen LogP contribution < -0.4 is 10.6 Å². The zero-order valence-corrected chi connectivity index (χ0v) is 14.7. The average Bonchev–Trinajstić information content (AvgIpc) is 3.34. The number of hydrogen-bond donors (Lipinski definition) is 2. The van der Waals surface area contributed by atoms with E-state index in [9.17, 15) is 9.59 Å². The minimum absolute atomic E-state index is 0.0512. The van der Waals surface area contributed by atoms with Crippen molar-refractivity contribution in [3.8, 4) is 0 Å². The number of nitrogens with one attached hydrogen (secondary N) is 2. The van der Waals surface area contributed by atoms with E-state index in [0.29, 0.717) is 6.04 Å². The Bertz CT molecular complexity index is 673. The highest BCUT2D eigenvalue weighted by Gasteiger charge is 2.36. The van der Waals surface area contributed by atoms with Gasteiger partial charge in [0.15, 0.2) is 0 Å². The molecule has 0 aromatic heterocycles. The highest BCUT2D eigenvalue weighted by Crippen LogP contribution is 2.30. The van der Waals surface area contributed by atoms with Crippen LogP contribution in [0.15, 0.2) is 24.3 Å². The molecule has 4 rings (SSSR count). The standard InChI is InChI=1S/C19H26N4O2/c1-13-11-22-9-3-6-17(22)12-23(13)19(25)21-16-5-2-4-15(10-16)20-18(24)14-7-8-14/h2,4-5,10,13-14,17H,3,6-9,11-12H2,1H3,(H,20,24)(H,21,25)/t13-,17+/m1/s1. The third-order valence-corrected chi connectivity index (χ3v) is 5.53. The van der Waals surface area contributed by atoms with Crippen molar-refractivity contribution in [1.29, 1.82) is 0 Å². The lowest BCUT2D eigenvalue weighted by Gasteiger charge is -2.42. The molecule has 25 heavy (non-hydrogen) atoms.